The van der Waals surface area contributed by atoms with Gasteiger partial charge >= 0.3 is 0 Å². The van der Waals surface area contributed by atoms with E-state index < -0.39 is 10.0 Å². The SMILES string of the molecule is NC(CNS(=O)(=O)c1cc(Cl)sc1Cl)C1CC1. The van der Waals surface area contributed by atoms with E-state index in [0.717, 1.165) is 24.2 Å². The highest BCUT2D eigenvalue weighted by Crippen LogP contribution is 2.34. The number of thiophene rings is 1. The van der Waals surface area contributed by atoms with Crippen molar-refractivity contribution in [1.29, 1.82) is 0 Å². The molecular formula is C9H12Cl2N2O2S2. The van der Waals surface area contributed by atoms with Crippen molar-refractivity contribution in [3.05, 3.63) is 14.7 Å². The third-order valence-corrected chi connectivity index (χ3v) is 5.83. The summed E-state index contributed by atoms with van der Waals surface area (Å²) in [5, 5.41) is 0. The first-order valence-corrected chi connectivity index (χ1v) is 8.16. The zero-order valence-electron chi connectivity index (χ0n) is 8.82. The van der Waals surface area contributed by atoms with Crippen molar-refractivity contribution in [3.63, 3.8) is 0 Å². The molecular weight excluding hydrogens is 303 g/mol. The van der Waals surface area contributed by atoms with Crippen LogP contribution in [0.25, 0.3) is 0 Å². The molecule has 1 saturated carbocycles. The lowest BCUT2D eigenvalue weighted by molar-refractivity contribution is 0.548. The van der Waals surface area contributed by atoms with E-state index >= 15 is 0 Å². The molecule has 1 aliphatic carbocycles. The number of hydrogen-bond donors (Lipinski definition) is 2. The quantitative estimate of drug-likeness (QED) is 0.874. The Morgan fingerprint density at radius 1 is 1.53 bits per heavy atom. The van der Waals surface area contributed by atoms with Crippen LogP contribution in [-0.2, 0) is 10.0 Å². The van der Waals surface area contributed by atoms with Crippen molar-refractivity contribution in [1.82, 2.24) is 4.72 Å². The van der Waals surface area contributed by atoms with Gasteiger partial charge in [0, 0.05) is 12.6 Å². The van der Waals surface area contributed by atoms with Crippen LogP contribution in [0.3, 0.4) is 0 Å². The van der Waals surface area contributed by atoms with Gasteiger partial charge in [0.05, 0.1) is 4.34 Å². The molecule has 1 atom stereocenters. The van der Waals surface area contributed by atoms with Crippen LogP contribution in [0.2, 0.25) is 8.67 Å². The fourth-order valence-corrected chi connectivity index (χ4v) is 4.70. The van der Waals surface area contributed by atoms with Gasteiger partial charge in [-0.3, -0.25) is 0 Å². The number of nitrogens with two attached hydrogens (primary N) is 1. The summed E-state index contributed by atoms with van der Waals surface area (Å²) in [6, 6.07) is 1.22. The highest BCUT2D eigenvalue weighted by molar-refractivity contribution is 7.89. The van der Waals surface area contributed by atoms with Gasteiger partial charge in [-0.1, -0.05) is 23.2 Å². The summed E-state index contributed by atoms with van der Waals surface area (Å²) in [4.78, 5) is 0.0252. The molecule has 1 heterocycles. The third kappa shape index (κ3) is 3.33. The van der Waals surface area contributed by atoms with E-state index in [9.17, 15) is 8.42 Å². The average Bonchev–Trinajstić information content (AvgIpc) is 3.01. The molecule has 96 valence electrons. The highest BCUT2D eigenvalue weighted by Gasteiger charge is 2.30. The molecule has 0 aliphatic heterocycles. The number of hydrogen-bond acceptors (Lipinski definition) is 4. The van der Waals surface area contributed by atoms with Crippen LogP contribution in [-0.4, -0.2) is 21.0 Å². The van der Waals surface area contributed by atoms with Crippen molar-refractivity contribution in [2.24, 2.45) is 11.7 Å². The van der Waals surface area contributed by atoms with Crippen molar-refractivity contribution in [2.45, 2.75) is 23.8 Å². The molecule has 2 rings (SSSR count). The summed E-state index contributed by atoms with van der Waals surface area (Å²) in [5.74, 6) is 0.444. The van der Waals surface area contributed by atoms with E-state index in [2.05, 4.69) is 4.72 Å². The maximum Gasteiger partial charge on any atom is 0.243 e. The molecule has 0 amide bonds. The van der Waals surface area contributed by atoms with E-state index in [1.54, 1.807) is 0 Å². The smallest absolute Gasteiger partial charge is 0.243 e. The van der Waals surface area contributed by atoms with Gasteiger partial charge in [0.15, 0.2) is 0 Å². The Kier molecular flexibility index (Phi) is 4.02. The standard InChI is InChI=1S/C9H12Cl2N2O2S2/c10-8-3-7(9(11)16-8)17(14,15)13-4-6(12)5-1-2-5/h3,5-6,13H,1-2,4,12H2. The largest absolute Gasteiger partial charge is 0.326 e. The van der Waals surface area contributed by atoms with Crippen LogP contribution in [0, 0.1) is 5.92 Å². The van der Waals surface area contributed by atoms with Crippen molar-refractivity contribution < 1.29 is 8.42 Å². The van der Waals surface area contributed by atoms with E-state index in [4.69, 9.17) is 28.9 Å². The molecule has 1 unspecified atom stereocenters. The summed E-state index contributed by atoms with van der Waals surface area (Å²) in [7, 11) is -3.61. The molecule has 4 nitrogen and oxygen atoms in total. The minimum Gasteiger partial charge on any atom is -0.326 e. The number of nitrogens with one attached hydrogen (secondary N) is 1. The summed E-state index contributed by atoms with van der Waals surface area (Å²) >= 11 is 12.5. The Morgan fingerprint density at radius 3 is 2.65 bits per heavy atom. The van der Waals surface area contributed by atoms with E-state index in [0.29, 0.717) is 10.3 Å². The third-order valence-electron chi connectivity index (χ3n) is 2.65. The Morgan fingerprint density at radius 2 is 2.18 bits per heavy atom. The van der Waals surface area contributed by atoms with Crippen LogP contribution in [0.5, 0.6) is 0 Å². The van der Waals surface area contributed by atoms with Crippen LogP contribution < -0.4 is 10.5 Å². The molecule has 1 aromatic rings. The maximum atomic E-state index is 11.9. The van der Waals surface area contributed by atoms with Gasteiger partial charge in [-0.2, -0.15) is 0 Å². The molecule has 0 aromatic carbocycles. The van der Waals surface area contributed by atoms with Gasteiger partial charge in [0.25, 0.3) is 0 Å². The fraction of sp³-hybridized carbons (Fsp3) is 0.556. The van der Waals surface area contributed by atoms with Crippen LogP contribution in [0.1, 0.15) is 12.8 Å². The molecule has 0 bridgehead atoms. The lowest BCUT2D eigenvalue weighted by Crippen LogP contribution is -2.38. The number of halogens is 2. The van der Waals surface area contributed by atoms with Gasteiger partial charge in [-0.05, 0) is 24.8 Å². The monoisotopic (exact) mass is 314 g/mol. The second-order valence-corrected chi connectivity index (χ2v) is 8.06. The molecule has 0 radical (unpaired) electrons. The summed E-state index contributed by atoms with van der Waals surface area (Å²) < 4.78 is 26.8. The van der Waals surface area contributed by atoms with Crippen LogP contribution in [0.15, 0.2) is 11.0 Å². The van der Waals surface area contributed by atoms with E-state index in [1.807, 2.05) is 0 Å². The minimum absolute atomic E-state index is 0.0252. The number of rotatable bonds is 5. The van der Waals surface area contributed by atoms with Gasteiger partial charge < -0.3 is 5.73 Å². The fourth-order valence-electron chi connectivity index (χ4n) is 1.48. The van der Waals surface area contributed by atoms with E-state index in [-0.39, 0.29) is 21.8 Å². The number of sulfonamides is 1. The Hall–Kier alpha value is 0.150. The van der Waals surface area contributed by atoms with Gasteiger partial charge in [0.1, 0.15) is 9.23 Å². The maximum absolute atomic E-state index is 11.9. The lowest BCUT2D eigenvalue weighted by atomic mass is 10.2. The van der Waals surface area contributed by atoms with Crippen molar-refractivity contribution in [2.75, 3.05) is 6.54 Å². The summed E-state index contributed by atoms with van der Waals surface area (Å²) in [6.45, 7) is 0.233. The first kappa shape index (κ1) is 13.6. The molecule has 1 aromatic heterocycles. The predicted octanol–water partition coefficient (Wildman–Crippen LogP) is 2.07. The summed E-state index contributed by atoms with van der Waals surface area (Å²) in [6.07, 6.45) is 2.15. The molecule has 17 heavy (non-hydrogen) atoms. The second-order valence-electron chi connectivity index (χ2n) is 4.04. The zero-order valence-corrected chi connectivity index (χ0v) is 12.0. The molecule has 0 saturated heterocycles. The lowest BCUT2D eigenvalue weighted by Gasteiger charge is -2.11. The molecule has 3 N–H and O–H groups in total. The molecule has 0 spiro atoms. The minimum atomic E-state index is -3.61. The first-order valence-electron chi connectivity index (χ1n) is 5.10. The highest BCUT2D eigenvalue weighted by atomic mass is 35.5. The first-order chi connectivity index (χ1) is 7.90. The van der Waals surface area contributed by atoms with Crippen molar-refractivity contribution in [3.8, 4) is 0 Å². The Bertz CT molecular complexity index is 511. The van der Waals surface area contributed by atoms with Crippen LogP contribution >= 0.6 is 34.5 Å². The summed E-state index contributed by atoms with van der Waals surface area (Å²) in [5.41, 5.74) is 5.82. The van der Waals surface area contributed by atoms with E-state index in [1.165, 1.54) is 6.07 Å². The van der Waals surface area contributed by atoms with Gasteiger partial charge in [0.2, 0.25) is 10.0 Å². The Balaban J connectivity index is 2.05. The molecule has 1 aliphatic rings. The average molecular weight is 315 g/mol. The van der Waals surface area contributed by atoms with Crippen molar-refractivity contribution >= 4 is 44.6 Å². The van der Waals surface area contributed by atoms with Gasteiger partial charge in [-0.15, -0.1) is 11.3 Å². The Labute approximate surface area is 114 Å². The van der Waals surface area contributed by atoms with Crippen LogP contribution in [0.4, 0.5) is 0 Å². The molecule has 8 heteroatoms. The predicted molar refractivity (Wildman–Crippen MR) is 70.2 cm³/mol. The van der Waals surface area contributed by atoms with Gasteiger partial charge in [-0.25, -0.2) is 13.1 Å². The second kappa shape index (κ2) is 5.03. The molecule has 1 fully saturated rings. The zero-order chi connectivity index (χ0) is 12.6. The topological polar surface area (TPSA) is 72.2 Å². The normalized spacial score (nSPS) is 18.3.